The number of nitrogens with one attached hydrogen (secondary N) is 1. The lowest BCUT2D eigenvalue weighted by molar-refractivity contribution is 0.123. The molecule has 0 atom stereocenters. The Balaban J connectivity index is 1.61. The number of hydrogen-bond acceptors (Lipinski definition) is 8. The molecule has 0 spiro atoms. The number of ether oxygens (including phenoxy) is 3. The lowest BCUT2D eigenvalue weighted by Crippen LogP contribution is -2.36. The van der Waals surface area contributed by atoms with E-state index in [-0.39, 0.29) is 5.19 Å². The number of nitrogens with zero attached hydrogens (tertiary/aromatic N) is 3. The molecule has 1 saturated heterocycles. The highest BCUT2D eigenvalue weighted by Crippen LogP contribution is 2.40. The van der Waals surface area contributed by atoms with Gasteiger partial charge < -0.3 is 19.1 Å². The molecular formula is C18H18N4O4S. The van der Waals surface area contributed by atoms with Gasteiger partial charge >= 0.3 is 6.09 Å². The van der Waals surface area contributed by atoms with Crippen molar-refractivity contribution in [1.29, 1.82) is 0 Å². The Morgan fingerprint density at radius 2 is 2.15 bits per heavy atom. The fraction of sp³-hybridized carbons (Fsp3) is 0.278. The maximum Gasteiger partial charge on any atom is 0.419 e. The molecule has 0 bridgehead atoms. The summed E-state index contributed by atoms with van der Waals surface area (Å²) in [7, 11) is 1.60. The summed E-state index contributed by atoms with van der Waals surface area (Å²) < 4.78 is 17.1. The average Bonchev–Trinajstić information content (AvgIpc) is 3.12. The number of anilines is 2. The van der Waals surface area contributed by atoms with Crippen LogP contribution < -0.4 is 19.7 Å². The maximum absolute atomic E-state index is 12.1. The van der Waals surface area contributed by atoms with Crippen molar-refractivity contribution in [3.8, 4) is 10.9 Å². The lowest BCUT2D eigenvalue weighted by Gasteiger charge is -2.29. The molecule has 3 heterocycles. The van der Waals surface area contributed by atoms with Gasteiger partial charge in [-0.2, -0.15) is 4.98 Å². The summed E-state index contributed by atoms with van der Waals surface area (Å²) in [6.07, 6.45) is 2.55. The lowest BCUT2D eigenvalue weighted by atomic mass is 10.2. The molecule has 1 aliphatic rings. The van der Waals surface area contributed by atoms with Gasteiger partial charge in [0, 0.05) is 19.3 Å². The Morgan fingerprint density at radius 3 is 2.89 bits per heavy atom. The van der Waals surface area contributed by atoms with Crippen molar-refractivity contribution in [2.75, 3.05) is 43.6 Å². The molecule has 9 heteroatoms. The molecule has 140 valence electrons. The van der Waals surface area contributed by atoms with E-state index in [4.69, 9.17) is 14.2 Å². The Kier molecular flexibility index (Phi) is 5.03. The predicted molar refractivity (Wildman–Crippen MR) is 103 cm³/mol. The van der Waals surface area contributed by atoms with E-state index in [9.17, 15) is 4.79 Å². The van der Waals surface area contributed by atoms with Crippen LogP contribution in [0.1, 0.15) is 0 Å². The molecule has 1 aromatic carbocycles. The van der Waals surface area contributed by atoms with Crippen LogP contribution in [0.3, 0.4) is 0 Å². The first-order valence-corrected chi connectivity index (χ1v) is 9.25. The van der Waals surface area contributed by atoms with Crippen molar-refractivity contribution < 1.29 is 19.0 Å². The third-order valence-electron chi connectivity index (χ3n) is 4.13. The van der Waals surface area contributed by atoms with Crippen molar-refractivity contribution in [2.45, 2.75) is 0 Å². The second-order valence-corrected chi connectivity index (χ2v) is 6.76. The summed E-state index contributed by atoms with van der Waals surface area (Å²) >= 11 is 1.31. The molecule has 0 unspecified atom stereocenters. The van der Waals surface area contributed by atoms with E-state index in [1.807, 2.05) is 12.1 Å². The summed E-state index contributed by atoms with van der Waals surface area (Å²) in [4.78, 5) is 22.8. The molecule has 1 amide bonds. The zero-order chi connectivity index (χ0) is 18.6. The van der Waals surface area contributed by atoms with E-state index in [0.29, 0.717) is 30.2 Å². The number of fused-ring (bicyclic) bond motifs is 1. The van der Waals surface area contributed by atoms with Crippen LogP contribution in [0, 0.1) is 0 Å². The van der Waals surface area contributed by atoms with Crippen LogP contribution in [-0.4, -0.2) is 49.5 Å². The molecular weight excluding hydrogens is 368 g/mol. The van der Waals surface area contributed by atoms with Crippen molar-refractivity contribution in [3.05, 3.63) is 36.7 Å². The van der Waals surface area contributed by atoms with Gasteiger partial charge in [0.05, 0.1) is 42.6 Å². The van der Waals surface area contributed by atoms with Gasteiger partial charge in [-0.15, -0.1) is 0 Å². The second kappa shape index (κ2) is 7.77. The second-order valence-electron chi connectivity index (χ2n) is 5.80. The minimum absolute atomic E-state index is 0.255. The van der Waals surface area contributed by atoms with Gasteiger partial charge in [-0.25, -0.2) is 4.79 Å². The van der Waals surface area contributed by atoms with Crippen LogP contribution in [0.2, 0.25) is 0 Å². The Labute approximate surface area is 159 Å². The number of rotatable bonds is 4. The summed E-state index contributed by atoms with van der Waals surface area (Å²) in [5.74, 6) is 0.640. The number of morpholine rings is 1. The van der Waals surface area contributed by atoms with E-state index in [0.717, 1.165) is 23.5 Å². The van der Waals surface area contributed by atoms with Gasteiger partial charge in [0.15, 0.2) is 0 Å². The van der Waals surface area contributed by atoms with Crippen molar-refractivity contribution in [2.24, 2.45) is 0 Å². The highest BCUT2D eigenvalue weighted by Gasteiger charge is 2.20. The van der Waals surface area contributed by atoms with Crippen molar-refractivity contribution >= 4 is 39.0 Å². The molecule has 1 fully saturated rings. The summed E-state index contributed by atoms with van der Waals surface area (Å²) in [5, 5.41) is 2.88. The van der Waals surface area contributed by atoms with Crippen LogP contribution in [0.15, 0.2) is 36.7 Å². The molecule has 27 heavy (non-hydrogen) atoms. The number of hydrogen-bond donors (Lipinski definition) is 1. The minimum Gasteiger partial charge on any atom is -0.494 e. The SMILES string of the molecule is COc1ccc(N2CCOCC2)c2sc(OC(=O)Nc3cccnc3)nc12. The van der Waals surface area contributed by atoms with Gasteiger partial charge in [0.2, 0.25) is 0 Å². The number of amides is 1. The van der Waals surface area contributed by atoms with Crippen LogP contribution in [0.4, 0.5) is 16.2 Å². The van der Waals surface area contributed by atoms with Gasteiger partial charge in [-0.3, -0.25) is 10.3 Å². The molecule has 2 aromatic heterocycles. The average molecular weight is 386 g/mol. The first-order valence-electron chi connectivity index (χ1n) is 8.43. The number of benzene rings is 1. The molecule has 0 saturated carbocycles. The molecule has 1 aliphatic heterocycles. The van der Waals surface area contributed by atoms with E-state index < -0.39 is 6.09 Å². The third kappa shape index (κ3) is 3.79. The fourth-order valence-corrected chi connectivity index (χ4v) is 3.84. The van der Waals surface area contributed by atoms with Gasteiger partial charge in [-0.05, 0) is 24.3 Å². The first-order chi connectivity index (χ1) is 13.2. The summed E-state index contributed by atoms with van der Waals surface area (Å²) in [6, 6.07) is 7.34. The number of methoxy groups -OCH3 is 1. The molecule has 1 N–H and O–H groups in total. The van der Waals surface area contributed by atoms with Crippen LogP contribution in [-0.2, 0) is 4.74 Å². The smallest absolute Gasteiger partial charge is 0.419 e. The molecule has 3 aromatic rings. The molecule has 4 rings (SSSR count). The normalized spacial score (nSPS) is 14.2. The predicted octanol–water partition coefficient (Wildman–Crippen LogP) is 3.15. The number of thiazole rings is 1. The number of aromatic nitrogens is 2. The van der Waals surface area contributed by atoms with Crippen molar-refractivity contribution in [1.82, 2.24) is 9.97 Å². The Bertz CT molecular complexity index is 941. The zero-order valence-electron chi connectivity index (χ0n) is 14.7. The zero-order valence-corrected chi connectivity index (χ0v) is 15.5. The Hall–Kier alpha value is -2.91. The van der Waals surface area contributed by atoms with E-state index in [1.165, 1.54) is 11.3 Å². The summed E-state index contributed by atoms with van der Waals surface area (Å²) in [6.45, 7) is 2.97. The van der Waals surface area contributed by atoms with Crippen LogP contribution in [0.25, 0.3) is 10.2 Å². The fourth-order valence-electron chi connectivity index (χ4n) is 2.87. The standard InChI is InChI=1S/C18H18N4O4S/c1-24-14-5-4-13(22-7-9-25-10-8-22)16-15(14)21-18(27-16)26-17(23)20-12-3-2-6-19-11-12/h2-6,11H,7-10H2,1H3,(H,20,23). The van der Waals surface area contributed by atoms with Gasteiger partial charge in [0.25, 0.3) is 5.19 Å². The van der Waals surface area contributed by atoms with Crippen LogP contribution in [0.5, 0.6) is 10.9 Å². The quantitative estimate of drug-likeness (QED) is 0.737. The maximum atomic E-state index is 12.1. The van der Waals surface area contributed by atoms with E-state index >= 15 is 0 Å². The highest BCUT2D eigenvalue weighted by atomic mass is 32.1. The minimum atomic E-state index is -0.617. The third-order valence-corrected chi connectivity index (χ3v) is 5.08. The van der Waals surface area contributed by atoms with E-state index in [1.54, 1.807) is 31.6 Å². The van der Waals surface area contributed by atoms with Crippen LogP contribution >= 0.6 is 11.3 Å². The molecule has 0 radical (unpaired) electrons. The van der Waals surface area contributed by atoms with Gasteiger partial charge in [-0.1, -0.05) is 11.3 Å². The molecule has 8 nitrogen and oxygen atoms in total. The largest absolute Gasteiger partial charge is 0.494 e. The molecule has 0 aliphatic carbocycles. The van der Waals surface area contributed by atoms with Gasteiger partial charge in [0.1, 0.15) is 11.3 Å². The van der Waals surface area contributed by atoms with E-state index in [2.05, 4.69) is 20.2 Å². The van der Waals surface area contributed by atoms with Crippen molar-refractivity contribution in [3.63, 3.8) is 0 Å². The highest BCUT2D eigenvalue weighted by molar-refractivity contribution is 7.21. The number of pyridine rings is 1. The first kappa shape index (κ1) is 17.5. The summed E-state index contributed by atoms with van der Waals surface area (Å²) in [5.41, 5.74) is 2.26. The monoisotopic (exact) mass is 386 g/mol. The number of carbonyl (C=O) groups is 1. The Morgan fingerprint density at radius 1 is 1.30 bits per heavy atom. The topological polar surface area (TPSA) is 85.8 Å². The number of carbonyl (C=O) groups excluding carboxylic acids is 1.